The molecule has 0 radical (unpaired) electrons. The molecule has 0 spiro atoms. The third-order valence-corrected chi connectivity index (χ3v) is 6.50. The zero-order valence-electron chi connectivity index (χ0n) is 17.6. The van der Waals surface area contributed by atoms with E-state index in [4.69, 9.17) is 0 Å². The van der Waals surface area contributed by atoms with Gasteiger partial charge in [-0.2, -0.15) is 0 Å². The molecule has 0 unspecified atom stereocenters. The summed E-state index contributed by atoms with van der Waals surface area (Å²) < 4.78 is 0. The van der Waals surface area contributed by atoms with Crippen LogP contribution in [0.1, 0.15) is 50.2 Å². The van der Waals surface area contributed by atoms with Gasteiger partial charge in [0.05, 0.1) is 0 Å². The number of benzene rings is 2. The van der Waals surface area contributed by atoms with Gasteiger partial charge in [0, 0.05) is 25.0 Å². The standard InChI is InChI=1S/C25H34N2O/c1-21(28)27(20-10-13-22-11-6-4-7-12-22)24-16-18-25(19-17-24,26(2)3)23-14-8-5-9-15-23/h4-9,11-12,14-15,24H,10,13,16-20H2,1-3H3. The van der Waals surface area contributed by atoms with Crippen LogP contribution in [0.2, 0.25) is 0 Å². The molecule has 0 bridgehead atoms. The Balaban J connectivity index is 1.62. The summed E-state index contributed by atoms with van der Waals surface area (Å²) in [6, 6.07) is 21.8. The molecule has 1 amide bonds. The summed E-state index contributed by atoms with van der Waals surface area (Å²) in [4.78, 5) is 16.9. The van der Waals surface area contributed by atoms with Gasteiger partial charge in [-0.05, 0) is 63.7 Å². The van der Waals surface area contributed by atoms with Gasteiger partial charge in [-0.25, -0.2) is 0 Å². The Morgan fingerprint density at radius 2 is 1.54 bits per heavy atom. The molecular formula is C25H34N2O. The van der Waals surface area contributed by atoms with E-state index in [1.54, 1.807) is 6.92 Å². The quantitative estimate of drug-likeness (QED) is 0.686. The number of hydrogen-bond acceptors (Lipinski definition) is 2. The lowest BCUT2D eigenvalue weighted by Crippen LogP contribution is -2.50. The van der Waals surface area contributed by atoms with Crippen LogP contribution in [0, 0.1) is 0 Å². The van der Waals surface area contributed by atoms with E-state index < -0.39 is 0 Å². The molecule has 1 saturated carbocycles. The van der Waals surface area contributed by atoms with Gasteiger partial charge in [0.1, 0.15) is 0 Å². The van der Waals surface area contributed by atoms with Crippen molar-refractivity contribution in [3.8, 4) is 0 Å². The van der Waals surface area contributed by atoms with E-state index in [1.165, 1.54) is 11.1 Å². The molecule has 0 saturated heterocycles. The monoisotopic (exact) mass is 378 g/mol. The first-order valence-electron chi connectivity index (χ1n) is 10.6. The van der Waals surface area contributed by atoms with Crippen molar-refractivity contribution in [3.05, 3.63) is 71.8 Å². The maximum atomic E-state index is 12.4. The minimum absolute atomic E-state index is 0.0876. The second-order valence-corrected chi connectivity index (χ2v) is 8.32. The van der Waals surface area contributed by atoms with E-state index in [2.05, 4.69) is 84.6 Å². The van der Waals surface area contributed by atoms with Crippen LogP contribution in [0.5, 0.6) is 0 Å². The number of carbonyl (C=O) groups excluding carboxylic acids is 1. The van der Waals surface area contributed by atoms with Gasteiger partial charge in [-0.3, -0.25) is 9.69 Å². The molecule has 2 aromatic rings. The summed E-state index contributed by atoms with van der Waals surface area (Å²) in [5.74, 6) is 0.218. The van der Waals surface area contributed by atoms with Gasteiger partial charge >= 0.3 is 0 Å². The van der Waals surface area contributed by atoms with E-state index in [1.807, 2.05) is 0 Å². The fourth-order valence-corrected chi connectivity index (χ4v) is 4.83. The number of carbonyl (C=O) groups is 1. The molecule has 3 rings (SSSR count). The predicted octanol–water partition coefficient (Wildman–Crippen LogP) is 4.87. The van der Waals surface area contributed by atoms with Crippen LogP contribution < -0.4 is 0 Å². The van der Waals surface area contributed by atoms with Gasteiger partial charge in [0.2, 0.25) is 5.91 Å². The van der Waals surface area contributed by atoms with Gasteiger partial charge in [0.15, 0.2) is 0 Å². The van der Waals surface area contributed by atoms with Crippen molar-refractivity contribution >= 4 is 5.91 Å². The molecular weight excluding hydrogens is 344 g/mol. The van der Waals surface area contributed by atoms with Crippen molar-refractivity contribution < 1.29 is 4.79 Å². The highest BCUT2D eigenvalue weighted by atomic mass is 16.2. The lowest BCUT2D eigenvalue weighted by molar-refractivity contribution is -0.132. The number of rotatable bonds is 7. The topological polar surface area (TPSA) is 23.6 Å². The zero-order chi connectivity index (χ0) is 20.0. The zero-order valence-corrected chi connectivity index (χ0v) is 17.6. The van der Waals surface area contributed by atoms with Crippen molar-refractivity contribution in [2.24, 2.45) is 0 Å². The lowest BCUT2D eigenvalue weighted by Gasteiger charge is -2.47. The summed E-state index contributed by atoms with van der Waals surface area (Å²) in [7, 11) is 4.38. The van der Waals surface area contributed by atoms with Crippen LogP contribution in [0.25, 0.3) is 0 Å². The first-order chi connectivity index (χ1) is 13.5. The Kier molecular flexibility index (Phi) is 6.90. The maximum absolute atomic E-state index is 12.4. The van der Waals surface area contributed by atoms with E-state index in [0.717, 1.165) is 45.1 Å². The van der Waals surface area contributed by atoms with Crippen molar-refractivity contribution in [1.29, 1.82) is 0 Å². The molecule has 0 N–H and O–H groups in total. The van der Waals surface area contributed by atoms with E-state index in [-0.39, 0.29) is 11.4 Å². The predicted molar refractivity (Wildman–Crippen MR) is 116 cm³/mol. The fraction of sp³-hybridized carbons (Fsp3) is 0.480. The third-order valence-electron chi connectivity index (χ3n) is 6.50. The van der Waals surface area contributed by atoms with Gasteiger partial charge in [-0.15, -0.1) is 0 Å². The number of amides is 1. The SMILES string of the molecule is CC(=O)N(CCCc1ccccc1)C1CCC(c2ccccc2)(N(C)C)CC1. The first-order valence-corrected chi connectivity index (χ1v) is 10.6. The van der Waals surface area contributed by atoms with Gasteiger partial charge < -0.3 is 4.90 Å². The smallest absolute Gasteiger partial charge is 0.219 e. The average molecular weight is 379 g/mol. The second kappa shape index (κ2) is 9.38. The van der Waals surface area contributed by atoms with Crippen LogP contribution >= 0.6 is 0 Å². The molecule has 0 aromatic heterocycles. The number of aryl methyl sites for hydroxylation is 1. The van der Waals surface area contributed by atoms with Gasteiger partial charge in [0.25, 0.3) is 0 Å². The average Bonchev–Trinajstić information content (AvgIpc) is 2.72. The highest BCUT2D eigenvalue weighted by Crippen LogP contribution is 2.42. The number of nitrogens with zero attached hydrogens (tertiary/aromatic N) is 2. The van der Waals surface area contributed by atoms with Crippen molar-refractivity contribution in [1.82, 2.24) is 9.80 Å². The highest BCUT2D eigenvalue weighted by Gasteiger charge is 2.40. The molecule has 0 atom stereocenters. The summed E-state index contributed by atoms with van der Waals surface area (Å²) in [6.45, 7) is 2.59. The first kappa shape index (κ1) is 20.6. The molecule has 0 aliphatic heterocycles. The lowest BCUT2D eigenvalue weighted by atomic mass is 9.73. The van der Waals surface area contributed by atoms with Crippen LogP contribution in [0.4, 0.5) is 0 Å². The van der Waals surface area contributed by atoms with Crippen LogP contribution in [0.15, 0.2) is 60.7 Å². The van der Waals surface area contributed by atoms with Crippen molar-refractivity contribution in [3.63, 3.8) is 0 Å². The van der Waals surface area contributed by atoms with Crippen molar-refractivity contribution in [2.45, 2.75) is 57.0 Å². The molecule has 1 aliphatic carbocycles. The summed E-state index contributed by atoms with van der Waals surface area (Å²) in [5.41, 5.74) is 2.84. The Bertz CT molecular complexity index is 734. The Morgan fingerprint density at radius 3 is 2.07 bits per heavy atom. The molecule has 0 heterocycles. The fourth-order valence-electron chi connectivity index (χ4n) is 4.83. The van der Waals surface area contributed by atoms with Gasteiger partial charge in [-0.1, -0.05) is 60.7 Å². The summed E-state index contributed by atoms with van der Waals surface area (Å²) >= 11 is 0. The molecule has 2 aromatic carbocycles. The van der Waals surface area contributed by atoms with E-state index in [0.29, 0.717) is 6.04 Å². The molecule has 150 valence electrons. The third kappa shape index (κ3) is 4.64. The van der Waals surface area contributed by atoms with Crippen LogP contribution in [0.3, 0.4) is 0 Å². The Morgan fingerprint density at radius 1 is 0.964 bits per heavy atom. The van der Waals surface area contributed by atoms with E-state index in [9.17, 15) is 4.79 Å². The van der Waals surface area contributed by atoms with Crippen LogP contribution in [-0.2, 0) is 16.8 Å². The summed E-state index contributed by atoms with van der Waals surface area (Å²) in [6.07, 6.45) is 6.38. The Labute approximate surface area is 170 Å². The minimum Gasteiger partial charge on any atom is -0.340 e. The Hall–Kier alpha value is -2.13. The molecule has 3 heteroatoms. The molecule has 3 nitrogen and oxygen atoms in total. The van der Waals surface area contributed by atoms with E-state index >= 15 is 0 Å². The largest absolute Gasteiger partial charge is 0.340 e. The molecule has 28 heavy (non-hydrogen) atoms. The van der Waals surface area contributed by atoms with Crippen molar-refractivity contribution in [2.75, 3.05) is 20.6 Å². The normalized spacial score (nSPS) is 22.2. The highest BCUT2D eigenvalue weighted by molar-refractivity contribution is 5.73. The second-order valence-electron chi connectivity index (χ2n) is 8.32. The minimum atomic E-state index is 0.0876. The maximum Gasteiger partial charge on any atom is 0.219 e. The summed E-state index contributed by atoms with van der Waals surface area (Å²) in [5, 5.41) is 0. The molecule has 1 aliphatic rings. The molecule has 1 fully saturated rings. The van der Waals surface area contributed by atoms with Crippen LogP contribution in [-0.4, -0.2) is 42.4 Å². The number of hydrogen-bond donors (Lipinski definition) is 0.